The average Bonchev–Trinajstić information content (AvgIpc) is 2.15. The van der Waals surface area contributed by atoms with Crippen LogP contribution < -0.4 is 0 Å². The van der Waals surface area contributed by atoms with Gasteiger partial charge in [-0.2, -0.15) is 0 Å². The molecule has 0 aliphatic rings. The van der Waals surface area contributed by atoms with E-state index in [1.165, 1.54) is 14.2 Å². The zero-order valence-corrected chi connectivity index (χ0v) is 9.90. The molecule has 5 nitrogen and oxygen atoms in total. The van der Waals surface area contributed by atoms with Gasteiger partial charge in [-0.3, -0.25) is 14.4 Å². The molecule has 0 heterocycles. The number of carboxylic acid groups (broad SMARTS) is 1. The summed E-state index contributed by atoms with van der Waals surface area (Å²) in [6, 6.07) is 0. The maximum absolute atomic E-state index is 11.5. The highest BCUT2D eigenvalue weighted by Crippen LogP contribution is 2.31. The van der Waals surface area contributed by atoms with E-state index in [2.05, 4.69) is 0 Å². The molecule has 0 rings (SSSR count). The molecule has 0 aromatic heterocycles. The number of hydrogen-bond acceptors (Lipinski definition) is 3. The number of carboxylic acids is 1. The molecular weight excluding hydrogens is 198 g/mol. The first-order valence-electron chi connectivity index (χ1n) is 4.79. The molecule has 0 aliphatic carbocycles. The van der Waals surface area contributed by atoms with Crippen molar-refractivity contribution in [3.8, 4) is 0 Å². The number of hydroxylamine groups is 2. The number of aliphatic carboxylic acids is 1. The van der Waals surface area contributed by atoms with Crippen LogP contribution in [-0.2, 0) is 14.4 Å². The van der Waals surface area contributed by atoms with E-state index in [4.69, 9.17) is 9.94 Å². The van der Waals surface area contributed by atoms with Gasteiger partial charge in [-0.15, -0.1) is 0 Å². The van der Waals surface area contributed by atoms with Gasteiger partial charge in [-0.05, 0) is 12.8 Å². The van der Waals surface area contributed by atoms with E-state index in [9.17, 15) is 9.59 Å². The molecule has 0 spiro atoms. The fourth-order valence-corrected chi connectivity index (χ4v) is 1.05. The Labute approximate surface area is 90.0 Å². The third-order valence-electron chi connectivity index (χ3n) is 2.91. The van der Waals surface area contributed by atoms with Gasteiger partial charge in [0.25, 0.3) is 0 Å². The van der Waals surface area contributed by atoms with Gasteiger partial charge in [0, 0.05) is 13.5 Å². The highest BCUT2D eigenvalue weighted by atomic mass is 16.7. The van der Waals surface area contributed by atoms with Crippen molar-refractivity contribution in [3.63, 3.8) is 0 Å². The summed E-state index contributed by atoms with van der Waals surface area (Å²) in [7, 11) is 2.83. The van der Waals surface area contributed by atoms with Crippen molar-refractivity contribution in [1.82, 2.24) is 5.06 Å². The Balaban J connectivity index is 4.71. The van der Waals surface area contributed by atoms with E-state index in [-0.39, 0.29) is 18.2 Å². The summed E-state index contributed by atoms with van der Waals surface area (Å²) in [6.07, 6.45) is -0.0651. The topological polar surface area (TPSA) is 66.8 Å². The minimum atomic E-state index is -1.05. The molecule has 1 atom stereocenters. The molecule has 0 aliphatic heterocycles. The Morgan fingerprint density at radius 1 is 1.47 bits per heavy atom. The molecular formula is C10H19NO4. The Kier molecular flexibility index (Phi) is 4.74. The van der Waals surface area contributed by atoms with Crippen LogP contribution in [0.1, 0.15) is 27.2 Å². The number of carbonyl (C=O) groups excluding carboxylic acids is 1. The third-order valence-corrected chi connectivity index (χ3v) is 2.91. The minimum absolute atomic E-state index is 0.0651. The maximum atomic E-state index is 11.5. The number of amides is 1. The highest BCUT2D eigenvalue weighted by Gasteiger charge is 2.39. The second kappa shape index (κ2) is 5.11. The fraction of sp³-hybridized carbons (Fsp3) is 0.800. The lowest BCUT2D eigenvalue weighted by molar-refractivity contribution is -0.175. The maximum Gasteiger partial charge on any atom is 0.310 e. The lowest BCUT2D eigenvalue weighted by atomic mass is 9.76. The second-order valence-corrected chi connectivity index (χ2v) is 4.13. The summed E-state index contributed by atoms with van der Waals surface area (Å²) in [6.45, 7) is 5.14. The first-order valence-corrected chi connectivity index (χ1v) is 4.79. The van der Waals surface area contributed by atoms with Crippen LogP contribution in [0.4, 0.5) is 0 Å². The molecule has 0 saturated heterocycles. The van der Waals surface area contributed by atoms with Gasteiger partial charge in [-0.1, -0.05) is 13.8 Å². The Morgan fingerprint density at radius 3 is 2.20 bits per heavy atom. The summed E-state index contributed by atoms with van der Waals surface area (Å²) in [4.78, 5) is 27.3. The number of nitrogens with zero attached hydrogens (tertiary/aromatic N) is 1. The standard InChI is InChI=1S/C10H19NO4/c1-7(2)10(3,9(13)14)6-8(12)11(4)15-5/h7H,6H2,1-5H3,(H,13,14). The molecule has 88 valence electrons. The Morgan fingerprint density at radius 2 is 1.93 bits per heavy atom. The summed E-state index contributed by atoms with van der Waals surface area (Å²) >= 11 is 0. The van der Waals surface area contributed by atoms with Crippen molar-refractivity contribution < 1.29 is 19.5 Å². The van der Waals surface area contributed by atoms with Gasteiger partial charge < -0.3 is 5.11 Å². The van der Waals surface area contributed by atoms with Crippen molar-refractivity contribution >= 4 is 11.9 Å². The molecule has 5 heteroatoms. The number of hydrogen-bond donors (Lipinski definition) is 1. The molecule has 1 amide bonds. The van der Waals surface area contributed by atoms with Crippen LogP contribution in [0.3, 0.4) is 0 Å². The van der Waals surface area contributed by atoms with Crippen molar-refractivity contribution in [3.05, 3.63) is 0 Å². The molecule has 1 N–H and O–H groups in total. The van der Waals surface area contributed by atoms with Crippen molar-refractivity contribution in [2.24, 2.45) is 11.3 Å². The molecule has 0 radical (unpaired) electrons. The van der Waals surface area contributed by atoms with Crippen LogP contribution in [0.2, 0.25) is 0 Å². The predicted molar refractivity (Wildman–Crippen MR) is 55.0 cm³/mol. The Hall–Kier alpha value is -1.10. The summed E-state index contributed by atoms with van der Waals surface area (Å²) in [5, 5.41) is 10.1. The van der Waals surface area contributed by atoms with E-state index < -0.39 is 11.4 Å². The van der Waals surface area contributed by atoms with Crippen LogP contribution in [-0.4, -0.2) is 36.2 Å². The molecule has 0 saturated carbocycles. The zero-order chi connectivity index (χ0) is 12.2. The largest absolute Gasteiger partial charge is 0.481 e. The summed E-state index contributed by atoms with van der Waals surface area (Å²) in [5.41, 5.74) is -1.05. The minimum Gasteiger partial charge on any atom is -0.481 e. The highest BCUT2D eigenvalue weighted by molar-refractivity contribution is 5.84. The summed E-state index contributed by atoms with van der Waals surface area (Å²) < 4.78 is 0. The van der Waals surface area contributed by atoms with E-state index in [0.29, 0.717) is 0 Å². The molecule has 0 bridgehead atoms. The van der Waals surface area contributed by atoms with Gasteiger partial charge >= 0.3 is 5.97 Å². The average molecular weight is 217 g/mol. The second-order valence-electron chi connectivity index (χ2n) is 4.13. The number of rotatable bonds is 5. The van der Waals surface area contributed by atoms with Crippen LogP contribution in [0, 0.1) is 11.3 Å². The van der Waals surface area contributed by atoms with Gasteiger partial charge in [0.15, 0.2) is 0 Å². The first kappa shape index (κ1) is 13.9. The fourth-order valence-electron chi connectivity index (χ4n) is 1.05. The SMILES string of the molecule is CON(C)C(=O)CC(C)(C(=O)O)C(C)C. The lowest BCUT2D eigenvalue weighted by Crippen LogP contribution is -2.39. The van der Waals surface area contributed by atoms with Crippen LogP contribution in [0.25, 0.3) is 0 Å². The van der Waals surface area contributed by atoms with Gasteiger partial charge in [-0.25, -0.2) is 5.06 Å². The van der Waals surface area contributed by atoms with Crippen molar-refractivity contribution in [1.29, 1.82) is 0 Å². The number of carbonyl (C=O) groups is 2. The lowest BCUT2D eigenvalue weighted by Gasteiger charge is -2.29. The van der Waals surface area contributed by atoms with E-state index in [1.807, 2.05) is 0 Å². The van der Waals surface area contributed by atoms with Gasteiger partial charge in [0.2, 0.25) is 5.91 Å². The van der Waals surface area contributed by atoms with E-state index in [1.54, 1.807) is 20.8 Å². The van der Waals surface area contributed by atoms with Crippen LogP contribution in [0.15, 0.2) is 0 Å². The molecule has 1 unspecified atom stereocenters. The predicted octanol–water partition coefficient (Wildman–Crippen LogP) is 1.14. The van der Waals surface area contributed by atoms with Crippen LogP contribution in [0.5, 0.6) is 0 Å². The van der Waals surface area contributed by atoms with Crippen LogP contribution >= 0.6 is 0 Å². The molecule has 15 heavy (non-hydrogen) atoms. The quantitative estimate of drug-likeness (QED) is 0.701. The Bertz CT molecular complexity index is 252. The first-order chi connectivity index (χ1) is 6.75. The van der Waals surface area contributed by atoms with Crippen molar-refractivity contribution in [2.45, 2.75) is 27.2 Å². The monoisotopic (exact) mass is 217 g/mol. The molecule has 0 aromatic rings. The third kappa shape index (κ3) is 3.20. The van der Waals surface area contributed by atoms with Gasteiger partial charge in [0.1, 0.15) is 0 Å². The molecule has 0 aromatic carbocycles. The summed E-state index contributed by atoms with van der Waals surface area (Å²) in [5.74, 6) is -1.42. The molecule has 0 fully saturated rings. The van der Waals surface area contributed by atoms with Crippen molar-refractivity contribution in [2.75, 3.05) is 14.2 Å². The zero-order valence-electron chi connectivity index (χ0n) is 9.90. The van der Waals surface area contributed by atoms with Gasteiger partial charge in [0.05, 0.1) is 12.5 Å². The smallest absolute Gasteiger partial charge is 0.310 e. The van der Waals surface area contributed by atoms with E-state index in [0.717, 1.165) is 5.06 Å². The van der Waals surface area contributed by atoms with E-state index >= 15 is 0 Å². The normalized spacial score (nSPS) is 14.8.